The Morgan fingerprint density at radius 2 is 1.62 bits per heavy atom. The molecule has 4 aromatic rings. The van der Waals surface area contributed by atoms with Crippen LogP contribution in [0.2, 0.25) is 0 Å². The van der Waals surface area contributed by atoms with Gasteiger partial charge in [-0.05, 0) is 41.8 Å². The molecule has 1 aromatic heterocycles. The minimum atomic E-state index is 0.159. The highest BCUT2D eigenvalue weighted by atomic mass is 32.2. The second kappa shape index (κ2) is 9.99. The predicted molar refractivity (Wildman–Crippen MR) is 137 cm³/mol. The van der Waals surface area contributed by atoms with E-state index in [4.69, 9.17) is 0 Å². The third-order valence-corrected chi connectivity index (χ3v) is 7.39. The summed E-state index contributed by atoms with van der Waals surface area (Å²) >= 11 is 1.46. The number of para-hydroxylation sites is 1. The van der Waals surface area contributed by atoms with Crippen molar-refractivity contribution in [1.82, 2.24) is 24.6 Å². The minimum Gasteiger partial charge on any atom is -0.339 e. The van der Waals surface area contributed by atoms with Crippen molar-refractivity contribution in [2.75, 3.05) is 31.9 Å². The molecule has 0 spiro atoms. The molecule has 5 rings (SSSR count). The van der Waals surface area contributed by atoms with Gasteiger partial charge in [-0.25, -0.2) is 0 Å². The van der Waals surface area contributed by atoms with Gasteiger partial charge in [0.2, 0.25) is 5.91 Å². The quantitative estimate of drug-likeness (QED) is 0.388. The molecule has 174 valence electrons. The van der Waals surface area contributed by atoms with Crippen molar-refractivity contribution in [3.8, 4) is 5.69 Å². The molecule has 3 aromatic carbocycles. The zero-order valence-corrected chi connectivity index (χ0v) is 20.5. The lowest BCUT2D eigenvalue weighted by molar-refractivity contribution is -0.130. The van der Waals surface area contributed by atoms with Crippen LogP contribution in [0.1, 0.15) is 17.0 Å². The molecule has 0 saturated carbocycles. The third kappa shape index (κ3) is 4.72. The predicted octanol–water partition coefficient (Wildman–Crippen LogP) is 4.47. The fourth-order valence-electron chi connectivity index (χ4n) is 4.57. The number of aromatic nitrogens is 3. The van der Waals surface area contributed by atoms with Crippen molar-refractivity contribution < 1.29 is 4.79 Å². The van der Waals surface area contributed by atoms with Crippen LogP contribution in [0.4, 0.5) is 0 Å². The molecule has 6 nitrogen and oxygen atoms in total. The molecule has 1 aliphatic heterocycles. The lowest BCUT2D eigenvalue weighted by atomic mass is 10.0. The zero-order chi connectivity index (χ0) is 23.5. The highest BCUT2D eigenvalue weighted by Gasteiger charge is 2.23. The highest BCUT2D eigenvalue weighted by molar-refractivity contribution is 7.99. The van der Waals surface area contributed by atoms with E-state index in [2.05, 4.69) is 76.6 Å². The molecule has 2 heterocycles. The molecular weight excluding hydrogens is 442 g/mol. The number of fused-ring (bicyclic) bond motifs is 1. The largest absolute Gasteiger partial charge is 0.339 e. The van der Waals surface area contributed by atoms with Gasteiger partial charge in [0.25, 0.3) is 0 Å². The molecule has 0 aliphatic carbocycles. The Hall–Kier alpha value is -3.16. The van der Waals surface area contributed by atoms with Crippen molar-refractivity contribution in [1.29, 1.82) is 0 Å². The molecule has 1 saturated heterocycles. The SMILES string of the molecule is Cc1ccccc1-n1c(C)nnc1SCC(=O)N1CCN(Cc2cccc3ccccc23)CC1. The Morgan fingerprint density at radius 3 is 2.44 bits per heavy atom. The summed E-state index contributed by atoms with van der Waals surface area (Å²) in [5.41, 5.74) is 3.56. The van der Waals surface area contributed by atoms with Crippen LogP contribution >= 0.6 is 11.8 Å². The van der Waals surface area contributed by atoms with E-state index < -0.39 is 0 Å². The average Bonchev–Trinajstić information content (AvgIpc) is 3.23. The van der Waals surface area contributed by atoms with E-state index >= 15 is 0 Å². The van der Waals surface area contributed by atoms with Crippen molar-refractivity contribution in [3.05, 3.63) is 83.7 Å². The molecule has 0 unspecified atom stereocenters. The van der Waals surface area contributed by atoms with Crippen LogP contribution in [0.15, 0.2) is 71.9 Å². The average molecular weight is 472 g/mol. The van der Waals surface area contributed by atoms with Crippen molar-refractivity contribution >= 4 is 28.4 Å². The summed E-state index contributed by atoms with van der Waals surface area (Å²) in [6.07, 6.45) is 0. The van der Waals surface area contributed by atoms with Crippen LogP contribution < -0.4 is 0 Å². The summed E-state index contributed by atoms with van der Waals surface area (Å²) in [4.78, 5) is 17.4. The molecule has 1 amide bonds. The molecule has 1 aliphatic rings. The van der Waals surface area contributed by atoms with E-state index in [1.165, 1.54) is 28.1 Å². The molecule has 34 heavy (non-hydrogen) atoms. The van der Waals surface area contributed by atoms with Crippen molar-refractivity contribution in [3.63, 3.8) is 0 Å². The fraction of sp³-hybridized carbons (Fsp3) is 0.296. The van der Waals surface area contributed by atoms with Gasteiger partial charge in [-0.3, -0.25) is 14.3 Å². The van der Waals surface area contributed by atoms with E-state index in [1.807, 2.05) is 28.5 Å². The number of hydrogen-bond donors (Lipinski definition) is 0. The maximum absolute atomic E-state index is 13.0. The van der Waals surface area contributed by atoms with Crippen LogP contribution in [0.5, 0.6) is 0 Å². The Balaban J connectivity index is 1.18. The number of carbonyl (C=O) groups excluding carboxylic acids is 1. The smallest absolute Gasteiger partial charge is 0.233 e. The summed E-state index contributed by atoms with van der Waals surface area (Å²) in [7, 11) is 0. The first kappa shape index (κ1) is 22.6. The Morgan fingerprint density at radius 1 is 0.882 bits per heavy atom. The summed E-state index contributed by atoms with van der Waals surface area (Å²) in [5.74, 6) is 1.35. The summed E-state index contributed by atoms with van der Waals surface area (Å²) in [6, 6.07) is 23.2. The van der Waals surface area contributed by atoms with E-state index in [0.29, 0.717) is 5.75 Å². The first-order valence-electron chi connectivity index (χ1n) is 11.7. The topological polar surface area (TPSA) is 54.3 Å². The van der Waals surface area contributed by atoms with Gasteiger partial charge in [-0.2, -0.15) is 0 Å². The van der Waals surface area contributed by atoms with Crippen molar-refractivity contribution in [2.24, 2.45) is 0 Å². The molecule has 0 atom stereocenters. The molecule has 0 N–H and O–H groups in total. The number of carbonyl (C=O) groups is 1. The summed E-state index contributed by atoms with van der Waals surface area (Å²) < 4.78 is 2.04. The summed E-state index contributed by atoms with van der Waals surface area (Å²) in [5, 5.41) is 11.9. The van der Waals surface area contributed by atoms with Crippen LogP contribution in [0.3, 0.4) is 0 Å². The lowest BCUT2D eigenvalue weighted by Gasteiger charge is -2.35. The van der Waals surface area contributed by atoms with Gasteiger partial charge < -0.3 is 4.90 Å². The molecule has 7 heteroatoms. The maximum Gasteiger partial charge on any atom is 0.233 e. The standard InChI is InChI=1S/C27H29N5OS/c1-20-8-3-6-13-25(20)32-21(2)28-29-27(32)34-19-26(33)31-16-14-30(15-17-31)18-23-11-7-10-22-9-4-5-12-24(22)23/h3-13H,14-19H2,1-2H3. The van der Waals surface area contributed by atoms with Crippen LogP contribution in [0.25, 0.3) is 16.5 Å². The Labute approximate surface area is 204 Å². The van der Waals surface area contributed by atoms with Gasteiger partial charge in [-0.1, -0.05) is 72.4 Å². The van der Waals surface area contributed by atoms with Crippen LogP contribution in [0, 0.1) is 13.8 Å². The van der Waals surface area contributed by atoms with Gasteiger partial charge in [0.15, 0.2) is 5.16 Å². The molecular formula is C27H29N5OS. The Kier molecular flexibility index (Phi) is 6.65. The fourth-order valence-corrected chi connectivity index (χ4v) is 5.47. The van der Waals surface area contributed by atoms with Gasteiger partial charge >= 0.3 is 0 Å². The second-order valence-electron chi connectivity index (χ2n) is 8.74. The number of amides is 1. The number of piperazine rings is 1. The first-order valence-corrected chi connectivity index (χ1v) is 12.7. The van der Waals surface area contributed by atoms with Gasteiger partial charge in [0.05, 0.1) is 11.4 Å². The summed E-state index contributed by atoms with van der Waals surface area (Å²) in [6.45, 7) is 8.22. The Bertz CT molecular complexity index is 1300. The van der Waals surface area contributed by atoms with E-state index in [9.17, 15) is 4.79 Å². The van der Waals surface area contributed by atoms with E-state index in [1.54, 1.807) is 0 Å². The molecule has 0 radical (unpaired) electrons. The second-order valence-corrected chi connectivity index (χ2v) is 9.68. The van der Waals surface area contributed by atoms with Gasteiger partial charge in [0.1, 0.15) is 5.82 Å². The van der Waals surface area contributed by atoms with Gasteiger partial charge in [-0.15, -0.1) is 10.2 Å². The highest BCUT2D eigenvalue weighted by Crippen LogP contribution is 2.25. The lowest BCUT2D eigenvalue weighted by Crippen LogP contribution is -2.48. The van der Waals surface area contributed by atoms with Crippen LogP contribution in [-0.2, 0) is 11.3 Å². The maximum atomic E-state index is 13.0. The first-order chi connectivity index (χ1) is 16.6. The van der Waals surface area contributed by atoms with Gasteiger partial charge in [0, 0.05) is 32.7 Å². The third-order valence-electron chi connectivity index (χ3n) is 6.48. The monoisotopic (exact) mass is 471 g/mol. The number of rotatable bonds is 6. The molecule has 1 fully saturated rings. The number of thioether (sulfide) groups is 1. The van der Waals surface area contributed by atoms with E-state index in [0.717, 1.165) is 55.0 Å². The minimum absolute atomic E-state index is 0.159. The zero-order valence-electron chi connectivity index (χ0n) is 19.6. The number of hydrogen-bond acceptors (Lipinski definition) is 5. The molecule has 0 bridgehead atoms. The van der Waals surface area contributed by atoms with Crippen LogP contribution in [-0.4, -0.2) is 62.4 Å². The number of aryl methyl sites for hydroxylation is 2. The van der Waals surface area contributed by atoms with E-state index in [-0.39, 0.29) is 5.91 Å². The normalized spacial score (nSPS) is 14.6. The number of nitrogens with zero attached hydrogens (tertiary/aromatic N) is 5. The van der Waals surface area contributed by atoms with Crippen molar-refractivity contribution in [2.45, 2.75) is 25.5 Å². The number of benzene rings is 3.